The summed E-state index contributed by atoms with van der Waals surface area (Å²) >= 11 is 6.49. The fraction of sp³-hybridized carbons (Fsp3) is 0.324. The summed E-state index contributed by atoms with van der Waals surface area (Å²) in [5.74, 6) is 2.05. The minimum absolute atomic E-state index is 0.0239. The van der Waals surface area contributed by atoms with Gasteiger partial charge in [0.2, 0.25) is 0 Å². The summed E-state index contributed by atoms with van der Waals surface area (Å²) in [5.41, 5.74) is 5.07. The Bertz CT molecular complexity index is 1580. The van der Waals surface area contributed by atoms with Crippen molar-refractivity contribution in [1.29, 1.82) is 5.26 Å². The number of esters is 1. The van der Waals surface area contributed by atoms with Crippen molar-refractivity contribution in [3.63, 3.8) is 0 Å². The summed E-state index contributed by atoms with van der Waals surface area (Å²) < 4.78 is 13.0. The number of halogens is 1. The first-order valence-corrected chi connectivity index (χ1v) is 18.0. The highest BCUT2D eigenvalue weighted by molar-refractivity contribution is 9.10. The van der Waals surface area contributed by atoms with Gasteiger partial charge >= 0.3 is 5.97 Å². The van der Waals surface area contributed by atoms with Crippen LogP contribution in [0.1, 0.15) is 51.7 Å². The van der Waals surface area contributed by atoms with Crippen molar-refractivity contribution in [1.82, 2.24) is 4.98 Å². The van der Waals surface area contributed by atoms with Gasteiger partial charge in [-0.15, -0.1) is 0 Å². The van der Waals surface area contributed by atoms with E-state index in [0.29, 0.717) is 16.3 Å². The van der Waals surface area contributed by atoms with Gasteiger partial charge in [0.1, 0.15) is 29.6 Å². The van der Waals surface area contributed by atoms with E-state index >= 15 is 0 Å². The molecule has 0 saturated carbocycles. The van der Waals surface area contributed by atoms with E-state index in [1.54, 1.807) is 11.8 Å². The average molecular weight is 704 g/mol. The molecule has 0 aliphatic rings. The van der Waals surface area contributed by atoms with Crippen molar-refractivity contribution >= 4 is 45.4 Å². The number of nitriles is 1. The van der Waals surface area contributed by atoms with Crippen LogP contribution >= 0.6 is 39.5 Å². The molecule has 3 aromatic carbocycles. The Morgan fingerprint density at radius 1 is 1.00 bits per heavy atom. The van der Waals surface area contributed by atoms with E-state index in [9.17, 15) is 10.1 Å². The third-order valence-corrected chi connectivity index (χ3v) is 9.71. The van der Waals surface area contributed by atoms with Crippen molar-refractivity contribution < 1.29 is 14.3 Å². The predicted octanol–water partition coefficient (Wildman–Crippen LogP) is 9.96. The second-order valence-electron chi connectivity index (χ2n) is 11.6. The fourth-order valence-corrected chi connectivity index (χ4v) is 6.65. The Morgan fingerprint density at radius 2 is 1.71 bits per heavy atom. The van der Waals surface area contributed by atoms with E-state index in [-0.39, 0.29) is 23.7 Å². The van der Waals surface area contributed by atoms with Crippen LogP contribution in [-0.4, -0.2) is 40.9 Å². The zero-order chi connectivity index (χ0) is 32.2. The molecule has 0 saturated heterocycles. The highest BCUT2D eigenvalue weighted by Crippen LogP contribution is 2.34. The standard InChI is InChI=1S/C37H39BrN2O3S2/c1-5-6-20-44-24-31(23-42-30-18-14-28(15-19-30)37(2,3)4)43-35(41)25-45-36-33(22-39)32(26-10-8-7-9-11-26)21-34(40-36)27-12-16-29(38)17-13-27/h7-19,21,31H,5-6,20,23-25H2,1-4H3. The van der Waals surface area contributed by atoms with E-state index in [1.165, 1.54) is 17.3 Å². The lowest BCUT2D eigenvalue weighted by Gasteiger charge is -2.21. The van der Waals surface area contributed by atoms with E-state index in [4.69, 9.17) is 14.5 Å². The van der Waals surface area contributed by atoms with Crippen LogP contribution in [0.2, 0.25) is 0 Å². The normalized spacial score (nSPS) is 11.9. The van der Waals surface area contributed by atoms with Crippen LogP contribution in [0.3, 0.4) is 0 Å². The molecule has 4 rings (SSSR count). The third kappa shape index (κ3) is 10.4. The summed E-state index contributed by atoms with van der Waals surface area (Å²) in [6.45, 7) is 8.97. The molecule has 0 spiro atoms. The number of carbonyl (C=O) groups excluding carboxylic acids is 1. The van der Waals surface area contributed by atoms with Crippen molar-refractivity contribution in [3.8, 4) is 34.2 Å². The van der Waals surface area contributed by atoms with Crippen LogP contribution in [-0.2, 0) is 14.9 Å². The number of benzene rings is 3. The highest BCUT2D eigenvalue weighted by atomic mass is 79.9. The summed E-state index contributed by atoms with van der Waals surface area (Å²) in [6.07, 6.45) is 1.82. The number of hydrogen-bond acceptors (Lipinski definition) is 7. The molecule has 8 heteroatoms. The molecule has 1 aromatic heterocycles. The Morgan fingerprint density at radius 3 is 2.36 bits per heavy atom. The largest absolute Gasteiger partial charge is 0.490 e. The molecule has 5 nitrogen and oxygen atoms in total. The monoisotopic (exact) mass is 702 g/mol. The van der Waals surface area contributed by atoms with Gasteiger partial charge in [-0.05, 0) is 59.0 Å². The van der Waals surface area contributed by atoms with Gasteiger partial charge in [0.25, 0.3) is 0 Å². The van der Waals surface area contributed by atoms with Crippen LogP contribution in [0.5, 0.6) is 5.75 Å². The van der Waals surface area contributed by atoms with E-state index in [1.807, 2.05) is 72.8 Å². The Kier molecular flexibility index (Phi) is 13.0. The second-order valence-corrected chi connectivity index (χ2v) is 14.7. The van der Waals surface area contributed by atoms with Crippen LogP contribution in [0.25, 0.3) is 22.4 Å². The van der Waals surface area contributed by atoms with Gasteiger partial charge in [-0.3, -0.25) is 4.79 Å². The molecule has 234 valence electrons. The summed E-state index contributed by atoms with van der Waals surface area (Å²) in [6, 6.07) is 30.0. The van der Waals surface area contributed by atoms with Gasteiger partial charge in [0.05, 0.1) is 17.0 Å². The second kappa shape index (κ2) is 16.9. The van der Waals surface area contributed by atoms with Gasteiger partial charge in [0.15, 0.2) is 0 Å². The number of pyridine rings is 1. The highest BCUT2D eigenvalue weighted by Gasteiger charge is 2.20. The fourth-order valence-electron chi connectivity index (χ4n) is 4.51. The molecule has 0 amide bonds. The SMILES string of the molecule is CCCCSCC(COc1ccc(C(C)(C)C)cc1)OC(=O)CSc1nc(-c2ccc(Br)cc2)cc(-c2ccccc2)c1C#N. The molecular weight excluding hydrogens is 664 g/mol. The number of nitrogens with zero attached hydrogens (tertiary/aromatic N) is 2. The van der Waals surface area contributed by atoms with Crippen molar-refractivity contribution in [3.05, 3.63) is 101 Å². The zero-order valence-corrected chi connectivity index (χ0v) is 29.4. The molecule has 0 aliphatic heterocycles. The van der Waals surface area contributed by atoms with Crippen LogP contribution in [0.15, 0.2) is 94.4 Å². The Hall–Kier alpha value is -3.25. The zero-order valence-electron chi connectivity index (χ0n) is 26.2. The van der Waals surface area contributed by atoms with Crippen LogP contribution in [0.4, 0.5) is 0 Å². The minimum atomic E-state index is -0.403. The first kappa shape index (κ1) is 34.6. The van der Waals surface area contributed by atoms with E-state index in [0.717, 1.165) is 51.2 Å². The summed E-state index contributed by atoms with van der Waals surface area (Å²) in [4.78, 5) is 18.0. The lowest BCUT2D eigenvalue weighted by molar-refractivity contribution is -0.145. The first-order chi connectivity index (χ1) is 21.7. The molecule has 1 atom stereocenters. The average Bonchev–Trinajstić information content (AvgIpc) is 3.04. The van der Waals surface area contributed by atoms with Gasteiger partial charge in [-0.2, -0.15) is 17.0 Å². The van der Waals surface area contributed by atoms with Gasteiger partial charge in [0, 0.05) is 21.4 Å². The quantitative estimate of drug-likeness (QED) is 0.0736. The summed E-state index contributed by atoms with van der Waals surface area (Å²) in [7, 11) is 0. The topological polar surface area (TPSA) is 72.2 Å². The number of hydrogen-bond donors (Lipinski definition) is 0. The molecule has 1 unspecified atom stereocenters. The third-order valence-electron chi connectivity index (χ3n) is 7.05. The lowest BCUT2D eigenvalue weighted by Crippen LogP contribution is -2.28. The maximum absolute atomic E-state index is 13.2. The Balaban J connectivity index is 1.50. The van der Waals surface area contributed by atoms with E-state index in [2.05, 4.69) is 61.8 Å². The molecule has 0 fully saturated rings. The molecule has 4 aromatic rings. The van der Waals surface area contributed by atoms with Crippen molar-refractivity contribution in [2.75, 3.05) is 23.9 Å². The molecular formula is C37H39BrN2O3S2. The molecule has 1 heterocycles. The van der Waals surface area contributed by atoms with E-state index < -0.39 is 6.10 Å². The number of rotatable bonds is 14. The van der Waals surface area contributed by atoms with Crippen LogP contribution < -0.4 is 4.74 Å². The van der Waals surface area contributed by atoms with Crippen molar-refractivity contribution in [2.24, 2.45) is 0 Å². The molecule has 45 heavy (non-hydrogen) atoms. The van der Waals surface area contributed by atoms with Crippen molar-refractivity contribution in [2.45, 2.75) is 57.1 Å². The number of thioether (sulfide) groups is 2. The Labute approximate surface area is 284 Å². The van der Waals surface area contributed by atoms with Gasteiger partial charge in [-0.1, -0.05) is 116 Å². The first-order valence-electron chi connectivity index (χ1n) is 15.1. The minimum Gasteiger partial charge on any atom is -0.490 e. The lowest BCUT2D eigenvalue weighted by atomic mass is 9.87. The number of unbranched alkanes of at least 4 members (excludes halogenated alkanes) is 1. The predicted molar refractivity (Wildman–Crippen MR) is 191 cm³/mol. The molecule has 0 radical (unpaired) electrons. The molecule has 0 aliphatic carbocycles. The number of ether oxygens (including phenoxy) is 2. The molecule has 0 bridgehead atoms. The molecule has 0 N–H and O–H groups in total. The van der Waals surface area contributed by atoms with Gasteiger partial charge < -0.3 is 9.47 Å². The van der Waals surface area contributed by atoms with Gasteiger partial charge in [-0.25, -0.2) is 4.98 Å². The van der Waals surface area contributed by atoms with Crippen LogP contribution in [0, 0.1) is 11.3 Å². The smallest absolute Gasteiger partial charge is 0.316 e. The summed E-state index contributed by atoms with van der Waals surface area (Å²) in [5, 5.41) is 10.7. The maximum atomic E-state index is 13.2. The maximum Gasteiger partial charge on any atom is 0.316 e. The number of carbonyl (C=O) groups is 1. The number of aromatic nitrogens is 1.